The molecular weight excluding hydrogens is 329 g/mol. The van der Waals surface area contributed by atoms with Gasteiger partial charge in [-0.3, -0.25) is 4.99 Å². The van der Waals surface area contributed by atoms with Crippen molar-refractivity contribution in [2.24, 2.45) is 4.99 Å². The normalized spacial score (nSPS) is 11.4. The highest BCUT2D eigenvalue weighted by molar-refractivity contribution is 5.79. The molecule has 0 aliphatic carbocycles. The van der Waals surface area contributed by atoms with Crippen molar-refractivity contribution in [2.75, 3.05) is 20.2 Å². The van der Waals surface area contributed by atoms with Gasteiger partial charge in [-0.25, -0.2) is 4.39 Å². The average Bonchev–Trinajstić information content (AvgIpc) is 2.66. The Kier molecular flexibility index (Phi) is 8.63. The number of benzene rings is 2. The summed E-state index contributed by atoms with van der Waals surface area (Å²) in [4.78, 5) is 4.25. The third kappa shape index (κ3) is 6.84. The molecule has 2 rings (SSSR count). The Hall–Kier alpha value is -2.40. The quantitative estimate of drug-likeness (QED) is 0.409. The van der Waals surface area contributed by atoms with E-state index in [4.69, 9.17) is 4.74 Å². The van der Waals surface area contributed by atoms with Gasteiger partial charge in [-0.15, -0.1) is 0 Å². The Morgan fingerprint density at radius 1 is 1.08 bits per heavy atom. The number of guanidine groups is 1. The first kappa shape index (κ1) is 19.9. The fraction of sp³-hybridized carbons (Fsp3) is 0.381. The van der Waals surface area contributed by atoms with Crippen LogP contribution in [-0.4, -0.2) is 26.2 Å². The van der Waals surface area contributed by atoms with Gasteiger partial charge in [-0.1, -0.05) is 43.3 Å². The van der Waals surface area contributed by atoms with Gasteiger partial charge in [0.25, 0.3) is 0 Å². The van der Waals surface area contributed by atoms with Crippen molar-refractivity contribution in [3.8, 4) is 0 Å². The van der Waals surface area contributed by atoms with Gasteiger partial charge in [0.15, 0.2) is 5.96 Å². The fourth-order valence-electron chi connectivity index (χ4n) is 2.61. The predicted molar refractivity (Wildman–Crippen MR) is 105 cm³/mol. The Labute approximate surface area is 155 Å². The molecule has 0 saturated carbocycles. The molecule has 0 fully saturated rings. The van der Waals surface area contributed by atoms with Crippen LogP contribution in [0.3, 0.4) is 0 Å². The summed E-state index contributed by atoms with van der Waals surface area (Å²) in [6.07, 6.45) is 1.75. The van der Waals surface area contributed by atoms with Crippen molar-refractivity contribution in [3.63, 3.8) is 0 Å². The van der Waals surface area contributed by atoms with Crippen LogP contribution < -0.4 is 10.6 Å². The second-order valence-electron chi connectivity index (χ2n) is 6.05. The third-order valence-corrected chi connectivity index (χ3v) is 3.99. The molecule has 0 saturated heterocycles. The lowest BCUT2D eigenvalue weighted by Gasteiger charge is -2.14. The van der Waals surface area contributed by atoms with Gasteiger partial charge in [0, 0.05) is 26.7 Å². The van der Waals surface area contributed by atoms with Crippen LogP contribution in [0.4, 0.5) is 4.39 Å². The van der Waals surface area contributed by atoms with E-state index in [-0.39, 0.29) is 5.82 Å². The maximum absolute atomic E-state index is 13.2. The Morgan fingerprint density at radius 2 is 1.88 bits per heavy atom. The lowest BCUT2D eigenvalue weighted by atomic mass is 10.1. The van der Waals surface area contributed by atoms with Crippen LogP contribution in [0.15, 0.2) is 53.5 Å². The SMILES string of the molecule is CCCOCc1ccccc1CNC(=NC)NCCc1cccc(F)c1. The molecule has 0 bridgehead atoms. The smallest absolute Gasteiger partial charge is 0.191 e. The fourth-order valence-corrected chi connectivity index (χ4v) is 2.61. The van der Waals surface area contributed by atoms with Crippen molar-refractivity contribution in [2.45, 2.75) is 32.9 Å². The van der Waals surface area contributed by atoms with E-state index >= 15 is 0 Å². The summed E-state index contributed by atoms with van der Waals surface area (Å²) in [7, 11) is 1.74. The second kappa shape index (κ2) is 11.3. The molecule has 0 heterocycles. The number of ether oxygens (including phenoxy) is 1. The zero-order chi connectivity index (χ0) is 18.6. The maximum atomic E-state index is 13.2. The van der Waals surface area contributed by atoms with E-state index in [1.807, 2.05) is 18.2 Å². The summed E-state index contributed by atoms with van der Waals surface area (Å²) in [5.41, 5.74) is 3.34. The van der Waals surface area contributed by atoms with Crippen molar-refractivity contribution >= 4 is 5.96 Å². The molecule has 0 amide bonds. The molecule has 140 valence electrons. The van der Waals surface area contributed by atoms with E-state index < -0.39 is 0 Å². The van der Waals surface area contributed by atoms with Gasteiger partial charge < -0.3 is 15.4 Å². The van der Waals surface area contributed by atoms with Crippen LogP contribution >= 0.6 is 0 Å². The molecule has 2 aromatic rings. The summed E-state index contributed by atoms with van der Waals surface area (Å²) < 4.78 is 18.9. The third-order valence-electron chi connectivity index (χ3n) is 3.99. The highest BCUT2D eigenvalue weighted by Crippen LogP contribution is 2.10. The molecule has 0 atom stereocenters. The number of nitrogens with zero attached hydrogens (tertiary/aromatic N) is 1. The predicted octanol–water partition coefficient (Wildman–Crippen LogP) is 3.66. The van der Waals surface area contributed by atoms with E-state index in [9.17, 15) is 4.39 Å². The zero-order valence-corrected chi connectivity index (χ0v) is 15.6. The van der Waals surface area contributed by atoms with Gasteiger partial charge in [-0.2, -0.15) is 0 Å². The monoisotopic (exact) mass is 357 g/mol. The molecule has 0 aliphatic heterocycles. The number of hydrogen-bond donors (Lipinski definition) is 2. The Bertz CT molecular complexity index is 703. The van der Waals surface area contributed by atoms with E-state index in [0.29, 0.717) is 19.7 Å². The number of rotatable bonds is 9. The van der Waals surface area contributed by atoms with Gasteiger partial charge in [0.1, 0.15) is 5.82 Å². The molecule has 26 heavy (non-hydrogen) atoms. The average molecular weight is 357 g/mol. The molecule has 4 nitrogen and oxygen atoms in total. The highest BCUT2D eigenvalue weighted by Gasteiger charge is 2.04. The number of aliphatic imine (C=N–C) groups is 1. The van der Waals surface area contributed by atoms with Gasteiger partial charge in [0.05, 0.1) is 6.61 Å². The minimum atomic E-state index is -0.202. The Balaban J connectivity index is 1.81. The van der Waals surface area contributed by atoms with Crippen molar-refractivity contribution < 1.29 is 9.13 Å². The molecule has 0 radical (unpaired) electrons. The van der Waals surface area contributed by atoms with Crippen molar-refractivity contribution in [1.29, 1.82) is 0 Å². The number of nitrogens with one attached hydrogen (secondary N) is 2. The van der Waals surface area contributed by atoms with E-state index in [2.05, 4.69) is 34.7 Å². The zero-order valence-electron chi connectivity index (χ0n) is 15.6. The van der Waals surface area contributed by atoms with E-state index in [1.165, 1.54) is 17.2 Å². The first-order valence-electron chi connectivity index (χ1n) is 9.06. The van der Waals surface area contributed by atoms with Crippen LogP contribution in [-0.2, 0) is 24.3 Å². The van der Waals surface area contributed by atoms with Gasteiger partial charge in [0.2, 0.25) is 0 Å². The minimum absolute atomic E-state index is 0.202. The molecule has 2 N–H and O–H groups in total. The molecule has 2 aromatic carbocycles. The van der Waals surface area contributed by atoms with E-state index in [1.54, 1.807) is 19.2 Å². The van der Waals surface area contributed by atoms with Crippen LogP contribution in [0, 0.1) is 5.82 Å². The van der Waals surface area contributed by atoms with Crippen molar-refractivity contribution in [3.05, 3.63) is 71.0 Å². The molecule has 5 heteroatoms. The molecule has 0 aliphatic rings. The molecular formula is C21H28FN3O. The maximum Gasteiger partial charge on any atom is 0.191 e. The first-order chi connectivity index (χ1) is 12.7. The van der Waals surface area contributed by atoms with Gasteiger partial charge in [-0.05, 0) is 41.7 Å². The highest BCUT2D eigenvalue weighted by atomic mass is 19.1. The topological polar surface area (TPSA) is 45.6 Å². The van der Waals surface area contributed by atoms with E-state index in [0.717, 1.165) is 31.0 Å². The minimum Gasteiger partial charge on any atom is -0.377 e. The Morgan fingerprint density at radius 3 is 2.62 bits per heavy atom. The summed E-state index contributed by atoms with van der Waals surface area (Å²) in [6.45, 7) is 4.85. The number of halogens is 1. The summed E-state index contributed by atoms with van der Waals surface area (Å²) in [5, 5.41) is 6.59. The molecule has 0 aromatic heterocycles. The van der Waals surface area contributed by atoms with Crippen LogP contribution in [0.2, 0.25) is 0 Å². The lowest BCUT2D eigenvalue weighted by molar-refractivity contribution is 0.121. The van der Waals surface area contributed by atoms with Crippen LogP contribution in [0.25, 0.3) is 0 Å². The van der Waals surface area contributed by atoms with Crippen LogP contribution in [0.5, 0.6) is 0 Å². The molecule has 0 spiro atoms. The largest absolute Gasteiger partial charge is 0.377 e. The summed E-state index contributed by atoms with van der Waals surface area (Å²) >= 11 is 0. The summed E-state index contributed by atoms with van der Waals surface area (Å²) in [5.74, 6) is 0.526. The van der Waals surface area contributed by atoms with Crippen molar-refractivity contribution in [1.82, 2.24) is 10.6 Å². The molecule has 0 unspecified atom stereocenters. The lowest BCUT2D eigenvalue weighted by Crippen LogP contribution is -2.38. The number of hydrogen-bond acceptors (Lipinski definition) is 2. The first-order valence-corrected chi connectivity index (χ1v) is 9.06. The summed E-state index contributed by atoms with van der Waals surface area (Å²) in [6, 6.07) is 14.9. The second-order valence-corrected chi connectivity index (χ2v) is 6.05. The van der Waals surface area contributed by atoms with Crippen LogP contribution in [0.1, 0.15) is 30.0 Å². The van der Waals surface area contributed by atoms with Gasteiger partial charge >= 0.3 is 0 Å². The standard InChI is InChI=1S/C21H28FN3O/c1-3-13-26-16-19-9-5-4-8-18(19)15-25-21(23-2)24-12-11-17-7-6-10-20(22)14-17/h4-10,14H,3,11-13,15-16H2,1-2H3,(H2,23,24,25).